The zero-order valence-electron chi connectivity index (χ0n) is 11.8. The van der Waals surface area contributed by atoms with Gasteiger partial charge in [-0.05, 0) is 77.6 Å². The average molecular weight is 337 g/mol. The smallest absolute Gasteiger partial charge is 0.224 e. The van der Waals surface area contributed by atoms with E-state index >= 15 is 0 Å². The van der Waals surface area contributed by atoms with Crippen molar-refractivity contribution >= 4 is 33.2 Å². The Morgan fingerprint density at radius 1 is 1.40 bits per heavy atom. The Morgan fingerprint density at radius 2 is 2.20 bits per heavy atom. The van der Waals surface area contributed by atoms with E-state index in [1.54, 1.807) is 0 Å². The number of aryl methyl sites for hydroxylation is 1. The molecule has 2 aliphatic rings. The lowest BCUT2D eigenvalue weighted by Gasteiger charge is -2.21. The molecule has 3 nitrogen and oxygen atoms in total. The van der Waals surface area contributed by atoms with Crippen LogP contribution in [0, 0.1) is 24.7 Å². The van der Waals surface area contributed by atoms with Crippen molar-refractivity contribution in [3.05, 3.63) is 22.2 Å². The summed E-state index contributed by atoms with van der Waals surface area (Å²) in [5.41, 5.74) is 8.41. The summed E-state index contributed by atoms with van der Waals surface area (Å²) in [5.74, 6) is 2.34. The SMILES string of the molecule is Cc1cc(N)c(NC(=O)CC2CC3CCC2C3)c(Br)c1. The van der Waals surface area contributed by atoms with Gasteiger partial charge in [0.2, 0.25) is 5.91 Å². The summed E-state index contributed by atoms with van der Waals surface area (Å²) in [6.45, 7) is 1.99. The van der Waals surface area contributed by atoms with Crippen molar-refractivity contribution in [1.82, 2.24) is 0 Å². The fourth-order valence-electron chi connectivity index (χ4n) is 3.96. The Bertz CT molecular complexity index is 520. The number of carbonyl (C=O) groups excluding carboxylic acids is 1. The number of halogens is 1. The van der Waals surface area contributed by atoms with Crippen molar-refractivity contribution in [2.24, 2.45) is 17.8 Å². The van der Waals surface area contributed by atoms with Gasteiger partial charge in [-0.2, -0.15) is 0 Å². The maximum absolute atomic E-state index is 12.2. The van der Waals surface area contributed by atoms with Gasteiger partial charge in [-0.1, -0.05) is 6.42 Å². The van der Waals surface area contributed by atoms with E-state index in [1.807, 2.05) is 19.1 Å². The molecule has 3 N–H and O–H groups in total. The third-order valence-corrected chi connectivity index (χ3v) is 5.49. The molecule has 3 unspecified atom stereocenters. The van der Waals surface area contributed by atoms with E-state index in [0.29, 0.717) is 23.7 Å². The summed E-state index contributed by atoms with van der Waals surface area (Å²) in [4.78, 5) is 12.2. The summed E-state index contributed by atoms with van der Waals surface area (Å²) in [7, 11) is 0. The van der Waals surface area contributed by atoms with E-state index in [-0.39, 0.29) is 5.91 Å². The van der Waals surface area contributed by atoms with E-state index in [9.17, 15) is 4.79 Å². The van der Waals surface area contributed by atoms with E-state index in [1.165, 1.54) is 25.7 Å². The number of hydrogen-bond acceptors (Lipinski definition) is 2. The first-order chi connectivity index (χ1) is 9.52. The van der Waals surface area contributed by atoms with Crippen LogP contribution in [0.1, 0.15) is 37.7 Å². The molecular weight excluding hydrogens is 316 g/mol. The van der Waals surface area contributed by atoms with Gasteiger partial charge in [0.25, 0.3) is 0 Å². The molecule has 0 spiro atoms. The Balaban J connectivity index is 1.65. The van der Waals surface area contributed by atoms with Crippen molar-refractivity contribution in [3.63, 3.8) is 0 Å². The van der Waals surface area contributed by atoms with Crippen LogP contribution in [0.4, 0.5) is 11.4 Å². The lowest BCUT2D eigenvalue weighted by atomic mass is 9.86. The van der Waals surface area contributed by atoms with Gasteiger partial charge in [-0.15, -0.1) is 0 Å². The molecule has 4 heteroatoms. The summed E-state index contributed by atoms with van der Waals surface area (Å²) in [6.07, 6.45) is 5.91. The molecule has 0 aliphatic heterocycles. The number of nitrogens with one attached hydrogen (secondary N) is 1. The van der Waals surface area contributed by atoms with Crippen LogP contribution >= 0.6 is 15.9 Å². The van der Waals surface area contributed by atoms with Crippen LogP contribution < -0.4 is 11.1 Å². The molecule has 1 amide bonds. The molecule has 2 fully saturated rings. The number of anilines is 2. The fraction of sp³-hybridized carbons (Fsp3) is 0.562. The second kappa shape index (κ2) is 5.40. The number of benzene rings is 1. The predicted molar refractivity (Wildman–Crippen MR) is 85.5 cm³/mol. The molecule has 20 heavy (non-hydrogen) atoms. The van der Waals surface area contributed by atoms with Crippen molar-refractivity contribution in [2.45, 2.75) is 39.0 Å². The van der Waals surface area contributed by atoms with E-state index in [0.717, 1.165) is 21.9 Å². The van der Waals surface area contributed by atoms with Crippen LogP contribution in [0.3, 0.4) is 0 Å². The monoisotopic (exact) mass is 336 g/mol. The molecule has 3 atom stereocenters. The molecule has 2 saturated carbocycles. The van der Waals surface area contributed by atoms with Gasteiger partial charge in [0.1, 0.15) is 0 Å². The van der Waals surface area contributed by atoms with E-state index in [2.05, 4.69) is 21.2 Å². The Morgan fingerprint density at radius 3 is 2.80 bits per heavy atom. The number of nitrogens with two attached hydrogens (primary N) is 1. The van der Waals surface area contributed by atoms with Crippen LogP contribution in [0.5, 0.6) is 0 Å². The highest BCUT2D eigenvalue weighted by Crippen LogP contribution is 2.49. The molecule has 2 bridgehead atoms. The molecule has 2 aliphatic carbocycles. The molecule has 0 heterocycles. The summed E-state index contributed by atoms with van der Waals surface area (Å²) < 4.78 is 0.858. The number of rotatable bonds is 3. The van der Waals surface area contributed by atoms with Crippen LogP contribution in [0.25, 0.3) is 0 Å². The quantitative estimate of drug-likeness (QED) is 0.816. The van der Waals surface area contributed by atoms with Gasteiger partial charge in [0, 0.05) is 10.9 Å². The zero-order chi connectivity index (χ0) is 14.3. The lowest BCUT2D eigenvalue weighted by Crippen LogP contribution is -2.21. The van der Waals surface area contributed by atoms with Gasteiger partial charge in [-0.25, -0.2) is 0 Å². The summed E-state index contributed by atoms with van der Waals surface area (Å²) in [5, 5.41) is 2.98. The number of hydrogen-bond donors (Lipinski definition) is 2. The number of fused-ring (bicyclic) bond motifs is 2. The average Bonchev–Trinajstić information content (AvgIpc) is 2.95. The van der Waals surface area contributed by atoms with Crippen LogP contribution in [-0.2, 0) is 4.79 Å². The minimum atomic E-state index is 0.0961. The molecule has 0 saturated heterocycles. The summed E-state index contributed by atoms with van der Waals surface area (Å²) in [6, 6.07) is 3.86. The van der Waals surface area contributed by atoms with Crippen molar-refractivity contribution in [3.8, 4) is 0 Å². The van der Waals surface area contributed by atoms with E-state index in [4.69, 9.17) is 5.73 Å². The van der Waals surface area contributed by atoms with Crippen molar-refractivity contribution in [2.75, 3.05) is 11.1 Å². The number of amides is 1. The minimum absolute atomic E-state index is 0.0961. The first kappa shape index (κ1) is 13.9. The highest BCUT2D eigenvalue weighted by molar-refractivity contribution is 9.10. The molecule has 0 aromatic heterocycles. The van der Waals surface area contributed by atoms with Gasteiger partial charge < -0.3 is 11.1 Å². The number of nitrogen functional groups attached to an aromatic ring is 1. The van der Waals surface area contributed by atoms with Crippen molar-refractivity contribution < 1.29 is 4.79 Å². The lowest BCUT2D eigenvalue weighted by molar-refractivity contribution is -0.117. The molecule has 1 aromatic carbocycles. The fourth-order valence-corrected chi connectivity index (χ4v) is 4.65. The van der Waals surface area contributed by atoms with Gasteiger partial charge in [0.15, 0.2) is 0 Å². The molecule has 3 rings (SSSR count). The van der Waals surface area contributed by atoms with Gasteiger partial charge >= 0.3 is 0 Å². The molecule has 108 valence electrons. The van der Waals surface area contributed by atoms with Crippen molar-refractivity contribution in [1.29, 1.82) is 0 Å². The third-order valence-electron chi connectivity index (χ3n) is 4.86. The topological polar surface area (TPSA) is 55.1 Å². The Hall–Kier alpha value is -1.03. The second-order valence-corrected chi connectivity index (χ2v) is 7.25. The summed E-state index contributed by atoms with van der Waals surface area (Å²) >= 11 is 3.48. The van der Waals surface area contributed by atoms with Gasteiger partial charge in [-0.3, -0.25) is 4.79 Å². The van der Waals surface area contributed by atoms with E-state index < -0.39 is 0 Å². The first-order valence-electron chi connectivity index (χ1n) is 7.38. The molecular formula is C16H21BrN2O. The van der Waals surface area contributed by atoms with Crippen LogP contribution in [0.2, 0.25) is 0 Å². The highest BCUT2D eigenvalue weighted by atomic mass is 79.9. The number of carbonyl (C=O) groups is 1. The molecule has 1 aromatic rings. The Kier molecular flexibility index (Phi) is 3.76. The van der Waals surface area contributed by atoms with Gasteiger partial charge in [0.05, 0.1) is 11.4 Å². The standard InChI is InChI=1S/C16H21BrN2O/c1-9-4-13(17)16(14(18)5-9)19-15(20)8-12-7-10-2-3-11(12)6-10/h4-5,10-12H,2-3,6-8,18H2,1H3,(H,19,20). The van der Waals surface area contributed by atoms with Crippen LogP contribution in [0.15, 0.2) is 16.6 Å². The minimum Gasteiger partial charge on any atom is -0.397 e. The maximum Gasteiger partial charge on any atom is 0.224 e. The second-order valence-electron chi connectivity index (χ2n) is 6.40. The molecule has 0 radical (unpaired) electrons. The largest absolute Gasteiger partial charge is 0.397 e. The van der Waals surface area contributed by atoms with Crippen LogP contribution in [-0.4, -0.2) is 5.91 Å². The highest BCUT2D eigenvalue weighted by Gasteiger charge is 2.40. The Labute approximate surface area is 128 Å². The third kappa shape index (κ3) is 2.71. The maximum atomic E-state index is 12.2. The predicted octanol–water partition coefficient (Wildman–Crippen LogP) is 4.10. The first-order valence-corrected chi connectivity index (χ1v) is 8.17. The normalized spacial score (nSPS) is 27.8. The zero-order valence-corrected chi connectivity index (χ0v) is 13.4.